The minimum atomic E-state index is -0.278. The van der Waals surface area contributed by atoms with E-state index in [1.54, 1.807) is 30.4 Å². The fourth-order valence-electron chi connectivity index (χ4n) is 0.874. The number of hydrogen-bond acceptors (Lipinski definition) is 1. The van der Waals surface area contributed by atoms with Gasteiger partial charge in [0.15, 0.2) is 0 Å². The smallest absolute Gasteiger partial charge is 0.130 e. The number of benzene rings is 1. The van der Waals surface area contributed by atoms with Crippen molar-refractivity contribution in [1.29, 1.82) is 0 Å². The summed E-state index contributed by atoms with van der Waals surface area (Å²) >= 11 is 0. The lowest BCUT2D eigenvalue weighted by atomic mass is 10.2. The van der Waals surface area contributed by atoms with E-state index >= 15 is 0 Å². The highest BCUT2D eigenvalue weighted by Crippen LogP contribution is 2.07. The quantitative estimate of drug-likeness (QED) is 0.387. The second-order valence-electron chi connectivity index (χ2n) is 2.34. The van der Waals surface area contributed by atoms with Gasteiger partial charge in [-0.15, -0.1) is 0 Å². The van der Waals surface area contributed by atoms with Crippen LogP contribution in [0.15, 0.2) is 35.5 Å². The molecule has 0 radical (unpaired) electrons. The highest BCUT2D eigenvalue weighted by molar-refractivity contribution is 5.49. The van der Waals surface area contributed by atoms with Crippen molar-refractivity contribution in [2.45, 2.75) is 0 Å². The predicted molar refractivity (Wildman–Crippen MR) is 49.4 cm³/mol. The summed E-state index contributed by atoms with van der Waals surface area (Å²) in [5.41, 5.74) is 8.46. The zero-order valence-corrected chi connectivity index (χ0v) is 6.89. The van der Waals surface area contributed by atoms with Crippen LogP contribution in [0.3, 0.4) is 0 Å². The third-order valence-corrected chi connectivity index (χ3v) is 1.45. The summed E-state index contributed by atoms with van der Waals surface area (Å²) in [6, 6.07) is 6.41. The van der Waals surface area contributed by atoms with Gasteiger partial charge in [0.1, 0.15) is 5.82 Å². The Labute approximate surface area is 75.1 Å². The lowest BCUT2D eigenvalue weighted by Gasteiger charge is -1.93. The summed E-state index contributed by atoms with van der Waals surface area (Å²) in [4.78, 5) is 2.57. The van der Waals surface area contributed by atoms with Gasteiger partial charge in [0, 0.05) is 17.0 Å². The normalized spacial score (nSPS) is 9.92. The highest BCUT2D eigenvalue weighted by atomic mass is 19.1. The van der Waals surface area contributed by atoms with Crippen LogP contribution in [-0.4, -0.2) is 6.54 Å². The molecule has 66 valence electrons. The van der Waals surface area contributed by atoms with Crippen molar-refractivity contribution in [2.75, 3.05) is 6.54 Å². The molecule has 1 aromatic carbocycles. The van der Waals surface area contributed by atoms with Crippen LogP contribution < -0.4 is 0 Å². The maximum Gasteiger partial charge on any atom is 0.130 e. The predicted octanol–water partition coefficient (Wildman–Crippen LogP) is 3.15. The van der Waals surface area contributed by atoms with Crippen molar-refractivity contribution in [3.8, 4) is 0 Å². The van der Waals surface area contributed by atoms with E-state index in [-0.39, 0.29) is 12.4 Å². The van der Waals surface area contributed by atoms with Crippen LogP contribution in [0, 0.1) is 5.82 Å². The SMILES string of the molecule is [N-]=[N+]=NCC=Cc1ccccc1F. The van der Waals surface area contributed by atoms with Crippen molar-refractivity contribution in [2.24, 2.45) is 5.11 Å². The van der Waals surface area contributed by atoms with E-state index in [0.717, 1.165) is 0 Å². The molecular weight excluding hydrogens is 169 g/mol. The molecule has 0 bridgehead atoms. The number of azide groups is 1. The first-order valence-corrected chi connectivity index (χ1v) is 3.76. The van der Waals surface area contributed by atoms with Crippen molar-refractivity contribution in [3.05, 3.63) is 52.2 Å². The van der Waals surface area contributed by atoms with Crippen LogP contribution in [0.1, 0.15) is 5.56 Å². The van der Waals surface area contributed by atoms with E-state index in [1.165, 1.54) is 6.07 Å². The van der Waals surface area contributed by atoms with E-state index in [0.29, 0.717) is 5.56 Å². The minimum absolute atomic E-state index is 0.241. The Kier molecular flexibility index (Phi) is 3.54. The summed E-state index contributed by atoms with van der Waals surface area (Å²) in [6.07, 6.45) is 3.20. The Morgan fingerprint density at radius 1 is 1.46 bits per heavy atom. The van der Waals surface area contributed by atoms with E-state index in [4.69, 9.17) is 5.53 Å². The Morgan fingerprint density at radius 2 is 2.23 bits per heavy atom. The Hall–Kier alpha value is -1.80. The third kappa shape index (κ3) is 2.97. The molecule has 0 aliphatic carbocycles. The zero-order valence-electron chi connectivity index (χ0n) is 6.89. The Balaban J connectivity index is 2.68. The lowest BCUT2D eigenvalue weighted by Crippen LogP contribution is -1.79. The van der Waals surface area contributed by atoms with Crippen LogP contribution >= 0.6 is 0 Å². The molecule has 0 unspecified atom stereocenters. The average molecular weight is 177 g/mol. The monoisotopic (exact) mass is 177 g/mol. The molecule has 0 N–H and O–H groups in total. The summed E-state index contributed by atoms with van der Waals surface area (Å²) in [5, 5.41) is 3.29. The number of halogens is 1. The van der Waals surface area contributed by atoms with Gasteiger partial charge in [-0.1, -0.05) is 35.5 Å². The minimum Gasteiger partial charge on any atom is -0.206 e. The molecule has 1 aromatic rings. The molecule has 0 aliphatic heterocycles. The van der Waals surface area contributed by atoms with Gasteiger partial charge >= 0.3 is 0 Å². The van der Waals surface area contributed by atoms with Crippen LogP contribution in [-0.2, 0) is 0 Å². The van der Waals surface area contributed by atoms with Gasteiger partial charge in [-0.05, 0) is 11.6 Å². The van der Waals surface area contributed by atoms with Crippen molar-refractivity contribution in [1.82, 2.24) is 0 Å². The number of hydrogen-bond donors (Lipinski definition) is 0. The molecule has 0 fully saturated rings. The van der Waals surface area contributed by atoms with Crippen molar-refractivity contribution >= 4 is 6.08 Å². The number of rotatable bonds is 3. The zero-order chi connectivity index (χ0) is 9.52. The van der Waals surface area contributed by atoms with E-state index in [9.17, 15) is 4.39 Å². The fraction of sp³-hybridized carbons (Fsp3) is 0.111. The highest BCUT2D eigenvalue weighted by Gasteiger charge is 1.93. The molecule has 4 heteroatoms. The van der Waals surface area contributed by atoms with E-state index in [2.05, 4.69) is 10.0 Å². The van der Waals surface area contributed by atoms with E-state index < -0.39 is 0 Å². The molecule has 0 aromatic heterocycles. The first-order chi connectivity index (χ1) is 6.34. The summed E-state index contributed by atoms with van der Waals surface area (Å²) in [6.45, 7) is 0.241. The molecule has 13 heavy (non-hydrogen) atoms. The lowest BCUT2D eigenvalue weighted by molar-refractivity contribution is 0.625. The fourth-order valence-corrected chi connectivity index (χ4v) is 0.874. The van der Waals surface area contributed by atoms with Gasteiger partial charge in [-0.3, -0.25) is 0 Å². The molecule has 0 heterocycles. The first kappa shape index (κ1) is 9.29. The van der Waals surface area contributed by atoms with Gasteiger partial charge < -0.3 is 0 Å². The molecule has 0 saturated heterocycles. The Morgan fingerprint density at radius 3 is 2.92 bits per heavy atom. The molecular formula is C9H8FN3. The van der Waals surface area contributed by atoms with Crippen molar-refractivity contribution in [3.63, 3.8) is 0 Å². The third-order valence-electron chi connectivity index (χ3n) is 1.45. The molecule has 0 spiro atoms. The molecule has 0 amide bonds. The van der Waals surface area contributed by atoms with Crippen LogP contribution in [0.2, 0.25) is 0 Å². The first-order valence-electron chi connectivity index (χ1n) is 3.76. The van der Waals surface area contributed by atoms with Gasteiger partial charge in [0.2, 0.25) is 0 Å². The topological polar surface area (TPSA) is 48.8 Å². The van der Waals surface area contributed by atoms with E-state index in [1.807, 2.05) is 0 Å². The molecule has 3 nitrogen and oxygen atoms in total. The van der Waals surface area contributed by atoms with Gasteiger partial charge in [-0.25, -0.2) is 4.39 Å². The van der Waals surface area contributed by atoms with Crippen LogP contribution in [0.25, 0.3) is 16.5 Å². The van der Waals surface area contributed by atoms with Gasteiger partial charge in [-0.2, -0.15) is 0 Å². The second kappa shape index (κ2) is 4.95. The summed E-state index contributed by atoms with van der Waals surface area (Å²) in [7, 11) is 0. The number of nitrogens with zero attached hydrogens (tertiary/aromatic N) is 3. The molecule has 0 atom stereocenters. The van der Waals surface area contributed by atoms with Crippen LogP contribution in [0.4, 0.5) is 4.39 Å². The van der Waals surface area contributed by atoms with Gasteiger partial charge in [0.05, 0.1) is 0 Å². The Bertz CT molecular complexity index is 354. The largest absolute Gasteiger partial charge is 0.206 e. The molecule has 1 rings (SSSR count). The maximum absolute atomic E-state index is 12.9. The second-order valence-corrected chi connectivity index (χ2v) is 2.34. The van der Waals surface area contributed by atoms with Crippen molar-refractivity contribution < 1.29 is 4.39 Å². The van der Waals surface area contributed by atoms with Gasteiger partial charge in [0.25, 0.3) is 0 Å². The van der Waals surface area contributed by atoms with Crippen LogP contribution in [0.5, 0.6) is 0 Å². The molecule has 0 saturated carbocycles. The summed E-state index contributed by atoms with van der Waals surface area (Å²) < 4.78 is 12.9. The molecule has 0 aliphatic rings. The standard InChI is InChI=1S/C9H8FN3/c10-9-6-2-1-4-8(9)5-3-7-12-13-11/h1-6H,7H2. The maximum atomic E-state index is 12.9. The summed E-state index contributed by atoms with van der Waals surface area (Å²) in [5.74, 6) is -0.278. The average Bonchev–Trinajstić information content (AvgIpc) is 2.15.